The fraction of sp³-hybridized carbons (Fsp3) is 0.333. The van der Waals surface area contributed by atoms with Gasteiger partial charge in [-0.15, -0.1) is 23.2 Å². The standard InChI is InChI=1S/C9H10Cl2O/c1-2-12-8-5-3-4-7(6-8)9(10)11/h3-6,9H,2H2,1H3. The van der Waals surface area contributed by atoms with Gasteiger partial charge in [0, 0.05) is 0 Å². The third-order valence-electron chi connectivity index (χ3n) is 1.42. The number of rotatable bonds is 3. The third kappa shape index (κ3) is 2.58. The second-order valence-corrected chi connectivity index (χ2v) is 3.40. The SMILES string of the molecule is CCOc1cccc(C(Cl)Cl)c1. The van der Waals surface area contributed by atoms with E-state index in [0.29, 0.717) is 6.61 Å². The van der Waals surface area contributed by atoms with Crippen LogP contribution in [0, 0.1) is 0 Å². The third-order valence-corrected chi connectivity index (χ3v) is 1.93. The zero-order valence-corrected chi connectivity index (χ0v) is 8.27. The van der Waals surface area contributed by atoms with Crippen molar-refractivity contribution in [1.29, 1.82) is 0 Å². The fourth-order valence-corrected chi connectivity index (χ4v) is 1.18. The first-order valence-corrected chi connectivity index (χ1v) is 4.62. The van der Waals surface area contributed by atoms with E-state index in [0.717, 1.165) is 11.3 Å². The lowest BCUT2D eigenvalue weighted by Gasteiger charge is -2.05. The van der Waals surface area contributed by atoms with Gasteiger partial charge >= 0.3 is 0 Å². The van der Waals surface area contributed by atoms with Gasteiger partial charge in [0.1, 0.15) is 10.6 Å². The topological polar surface area (TPSA) is 9.23 Å². The van der Waals surface area contributed by atoms with Crippen LogP contribution in [0.15, 0.2) is 24.3 Å². The van der Waals surface area contributed by atoms with Crippen LogP contribution in [0.25, 0.3) is 0 Å². The van der Waals surface area contributed by atoms with Crippen molar-refractivity contribution in [3.63, 3.8) is 0 Å². The van der Waals surface area contributed by atoms with Crippen molar-refractivity contribution < 1.29 is 4.74 Å². The van der Waals surface area contributed by atoms with Crippen molar-refractivity contribution in [2.75, 3.05) is 6.61 Å². The molecule has 0 unspecified atom stereocenters. The van der Waals surface area contributed by atoms with Crippen molar-refractivity contribution in [1.82, 2.24) is 0 Å². The predicted octanol–water partition coefficient (Wildman–Crippen LogP) is 3.56. The second kappa shape index (κ2) is 4.58. The molecule has 0 radical (unpaired) electrons. The van der Waals surface area contributed by atoms with E-state index in [-0.39, 0.29) is 0 Å². The van der Waals surface area contributed by atoms with E-state index in [1.165, 1.54) is 0 Å². The lowest BCUT2D eigenvalue weighted by Crippen LogP contribution is -1.92. The van der Waals surface area contributed by atoms with E-state index in [1.807, 2.05) is 31.2 Å². The fourth-order valence-electron chi connectivity index (χ4n) is 0.907. The summed E-state index contributed by atoms with van der Waals surface area (Å²) in [5.41, 5.74) is 0.865. The summed E-state index contributed by atoms with van der Waals surface area (Å²) in [4.78, 5) is -0.481. The van der Waals surface area contributed by atoms with E-state index in [4.69, 9.17) is 27.9 Å². The number of benzene rings is 1. The normalized spacial score (nSPS) is 10.3. The quantitative estimate of drug-likeness (QED) is 0.685. The van der Waals surface area contributed by atoms with Crippen molar-refractivity contribution in [3.8, 4) is 5.75 Å². The monoisotopic (exact) mass is 204 g/mol. The molecular formula is C9H10Cl2O. The van der Waals surface area contributed by atoms with Gasteiger partial charge in [-0.05, 0) is 24.6 Å². The van der Waals surface area contributed by atoms with Crippen LogP contribution in [0.3, 0.4) is 0 Å². The Morgan fingerprint density at radius 3 is 2.75 bits per heavy atom. The molecular weight excluding hydrogens is 195 g/mol. The van der Waals surface area contributed by atoms with Gasteiger partial charge in [0.25, 0.3) is 0 Å². The Labute approximate surface area is 82.2 Å². The second-order valence-electron chi connectivity index (χ2n) is 2.31. The Morgan fingerprint density at radius 2 is 2.17 bits per heavy atom. The van der Waals surface area contributed by atoms with Crippen LogP contribution in [-0.2, 0) is 0 Å². The molecule has 0 heterocycles. The molecule has 0 aliphatic rings. The Hall–Kier alpha value is -0.400. The van der Waals surface area contributed by atoms with Gasteiger partial charge < -0.3 is 4.74 Å². The summed E-state index contributed by atoms with van der Waals surface area (Å²) >= 11 is 11.4. The largest absolute Gasteiger partial charge is 0.494 e. The Balaban J connectivity index is 2.81. The number of alkyl halides is 2. The lowest BCUT2D eigenvalue weighted by atomic mass is 10.2. The minimum absolute atomic E-state index is 0.481. The highest BCUT2D eigenvalue weighted by atomic mass is 35.5. The molecule has 1 aromatic rings. The van der Waals surface area contributed by atoms with Crippen LogP contribution in [0.1, 0.15) is 17.3 Å². The molecule has 1 aromatic carbocycles. The van der Waals surface area contributed by atoms with Crippen LogP contribution < -0.4 is 4.74 Å². The van der Waals surface area contributed by atoms with E-state index in [9.17, 15) is 0 Å². The van der Waals surface area contributed by atoms with Crippen molar-refractivity contribution in [2.45, 2.75) is 11.8 Å². The molecule has 0 amide bonds. The van der Waals surface area contributed by atoms with Crippen molar-refractivity contribution >= 4 is 23.2 Å². The molecule has 0 bridgehead atoms. The molecule has 0 fully saturated rings. The molecule has 0 aromatic heterocycles. The zero-order chi connectivity index (χ0) is 8.97. The highest BCUT2D eigenvalue weighted by Crippen LogP contribution is 2.27. The minimum Gasteiger partial charge on any atom is -0.494 e. The van der Waals surface area contributed by atoms with Gasteiger partial charge in [-0.1, -0.05) is 12.1 Å². The number of hydrogen-bond acceptors (Lipinski definition) is 1. The minimum atomic E-state index is -0.481. The van der Waals surface area contributed by atoms with E-state index in [1.54, 1.807) is 0 Å². The maximum Gasteiger partial charge on any atom is 0.132 e. The van der Waals surface area contributed by atoms with Gasteiger partial charge in [-0.2, -0.15) is 0 Å². The average Bonchev–Trinajstić information content (AvgIpc) is 2.05. The molecule has 0 saturated heterocycles. The molecule has 3 heteroatoms. The van der Waals surface area contributed by atoms with Gasteiger partial charge in [0.15, 0.2) is 0 Å². The van der Waals surface area contributed by atoms with E-state index >= 15 is 0 Å². The molecule has 66 valence electrons. The van der Waals surface area contributed by atoms with Gasteiger partial charge in [-0.3, -0.25) is 0 Å². The Bertz CT molecular complexity index is 248. The van der Waals surface area contributed by atoms with Gasteiger partial charge in [0.05, 0.1) is 6.61 Å². The molecule has 0 aliphatic carbocycles. The molecule has 0 saturated carbocycles. The summed E-state index contributed by atoms with van der Waals surface area (Å²) in [7, 11) is 0. The van der Waals surface area contributed by atoms with Crippen LogP contribution in [0.2, 0.25) is 0 Å². The van der Waals surface area contributed by atoms with Gasteiger partial charge in [-0.25, -0.2) is 0 Å². The molecule has 0 spiro atoms. The molecule has 1 rings (SSSR count). The maximum atomic E-state index is 5.69. The summed E-state index contributed by atoms with van der Waals surface area (Å²) < 4.78 is 5.28. The predicted molar refractivity (Wildman–Crippen MR) is 52.1 cm³/mol. The first-order valence-electron chi connectivity index (χ1n) is 3.75. The summed E-state index contributed by atoms with van der Waals surface area (Å²) in [5.74, 6) is 0.807. The van der Waals surface area contributed by atoms with E-state index in [2.05, 4.69) is 0 Å². The smallest absolute Gasteiger partial charge is 0.132 e. The maximum absolute atomic E-state index is 5.69. The summed E-state index contributed by atoms with van der Waals surface area (Å²) in [5, 5.41) is 0. The van der Waals surface area contributed by atoms with E-state index < -0.39 is 4.84 Å². The molecule has 0 atom stereocenters. The Kier molecular flexibility index (Phi) is 3.70. The zero-order valence-electron chi connectivity index (χ0n) is 6.76. The van der Waals surface area contributed by atoms with Crippen LogP contribution in [-0.4, -0.2) is 6.61 Å². The molecule has 0 aliphatic heterocycles. The number of hydrogen-bond donors (Lipinski definition) is 0. The summed E-state index contributed by atoms with van der Waals surface area (Å²) in [6, 6.07) is 7.46. The highest BCUT2D eigenvalue weighted by molar-refractivity contribution is 6.44. The van der Waals surface area contributed by atoms with Crippen LogP contribution in [0.5, 0.6) is 5.75 Å². The number of ether oxygens (including phenoxy) is 1. The molecule has 12 heavy (non-hydrogen) atoms. The van der Waals surface area contributed by atoms with Crippen LogP contribution in [0.4, 0.5) is 0 Å². The van der Waals surface area contributed by atoms with Crippen molar-refractivity contribution in [3.05, 3.63) is 29.8 Å². The highest BCUT2D eigenvalue weighted by Gasteiger charge is 2.03. The summed E-state index contributed by atoms with van der Waals surface area (Å²) in [6.07, 6.45) is 0. The van der Waals surface area contributed by atoms with Crippen molar-refractivity contribution in [2.24, 2.45) is 0 Å². The lowest BCUT2D eigenvalue weighted by molar-refractivity contribution is 0.340. The average molecular weight is 205 g/mol. The number of halogens is 2. The molecule has 0 N–H and O–H groups in total. The summed E-state index contributed by atoms with van der Waals surface area (Å²) in [6.45, 7) is 2.59. The van der Waals surface area contributed by atoms with Crippen LogP contribution >= 0.6 is 23.2 Å². The first kappa shape index (κ1) is 9.69. The molecule has 1 nitrogen and oxygen atoms in total. The Morgan fingerprint density at radius 1 is 1.42 bits per heavy atom. The van der Waals surface area contributed by atoms with Gasteiger partial charge in [0.2, 0.25) is 0 Å². The first-order chi connectivity index (χ1) is 5.74.